The summed E-state index contributed by atoms with van der Waals surface area (Å²) in [7, 11) is 1.35. The molecule has 13 heavy (non-hydrogen) atoms. The number of piperazine rings is 1. The second kappa shape index (κ2) is 4.23. The zero-order valence-electron chi connectivity index (χ0n) is 7.87. The molecule has 1 aliphatic rings. The quantitative estimate of drug-likeness (QED) is 0.561. The molecule has 0 saturated carbocycles. The summed E-state index contributed by atoms with van der Waals surface area (Å²) < 4.78 is 4.59. The highest BCUT2D eigenvalue weighted by atomic mass is 16.5. The van der Waals surface area contributed by atoms with Crippen molar-refractivity contribution in [1.29, 1.82) is 0 Å². The van der Waals surface area contributed by atoms with Gasteiger partial charge in [0, 0.05) is 13.1 Å². The Kier molecular flexibility index (Phi) is 3.25. The number of carbonyl (C=O) groups excluding carboxylic acids is 2. The number of hydrogen-bond donors (Lipinski definition) is 1. The van der Waals surface area contributed by atoms with E-state index in [1.54, 1.807) is 11.8 Å². The van der Waals surface area contributed by atoms with Crippen LogP contribution in [0.4, 0.5) is 0 Å². The SMILES string of the molecule is COC(=O)[C@@H](C)N1CCNC(=O)C1. The van der Waals surface area contributed by atoms with Gasteiger partial charge in [0.15, 0.2) is 0 Å². The first kappa shape index (κ1) is 9.98. The van der Waals surface area contributed by atoms with Gasteiger partial charge in [0.05, 0.1) is 13.7 Å². The number of nitrogens with zero attached hydrogens (tertiary/aromatic N) is 1. The van der Waals surface area contributed by atoms with E-state index in [1.807, 2.05) is 0 Å². The first-order valence-corrected chi connectivity index (χ1v) is 4.23. The summed E-state index contributed by atoms with van der Waals surface area (Å²) in [6.07, 6.45) is 0. The van der Waals surface area contributed by atoms with Crippen molar-refractivity contribution < 1.29 is 14.3 Å². The highest BCUT2D eigenvalue weighted by Crippen LogP contribution is 2.02. The topological polar surface area (TPSA) is 58.6 Å². The summed E-state index contributed by atoms with van der Waals surface area (Å²) in [5.74, 6) is -0.336. The van der Waals surface area contributed by atoms with E-state index in [0.29, 0.717) is 13.1 Å². The van der Waals surface area contributed by atoms with Gasteiger partial charge in [0.1, 0.15) is 6.04 Å². The molecule has 1 fully saturated rings. The molecule has 0 bridgehead atoms. The zero-order valence-corrected chi connectivity index (χ0v) is 7.87. The highest BCUT2D eigenvalue weighted by molar-refractivity contribution is 5.81. The molecule has 1 N–H and O–H groups in total. The second-order valence-electron chi connectivity index (χ2n) is 3.02. The fraction of sp³-hybridized carbons (Fsp3) is 0.750. The average molecular weight is 186 g/mol. The predicted molar refractivity (Wildman–Crippen MR) is 46.1 cm³/mol. The molecule has 0 aromatic heterocycles. The molecule has 1 aliphatic heterocycles. The number of rotatable bonds is 2. The normalized spacial score (nSPS) is 20.6. The fourth-order valence-corrected chi connectivity index (χ4v) is 1.31. The van der Waals surface area contributed by atoms with Crippen molar-refractivity contribution in [2.24, 2.45) is 0 Å². The zero-order chi connectivity index (χ0) is 9.84. The van der Waals surface area contributed by atoms with Crippen molar-refractivity contribution in [3.63, 3.8) is 0 Å². The van der Waals surface area contributed by atoms with E-state index in [4.69, 9.17) is 0 Å². The molecule has 0 radical (unpaired) electrons. The molecular weight excluding hydrogens is 172 g/mol. The third-order valence-electron chi connectivity index (χ3n) is 2.16. The van der Waals surface area contributed by atoms with Crippen LogP contribution in [0.25, 0.3) is 0 Å². The maximum absolute atomic E-state index is 11.1. The maximum atomic E-state index is 11.1. The summed E-state index contributed by atoms with van der Waals surface area (Å²) >= 11 is 0. The van der Waals surface area contributed by atoms with Crippen LogP contribution in [0.3, 0.4) is 0 Å². The van der Waals surface area contributed by atoms with Crippen LogP contribution in [-0.4, -0.2) is 49.6 Å². The van der Waals surface area contributed by atoms with Gasteiger partial charge in [-0.05, 0) is 6.92 Å². The van der Waals surface area contributed by atoms with Crippen molar-refractivity contribution in [1.82, 2.24) is 10.2 Å². The minimum atomic E-state index is -0.337. The molecule has 0 spiro atoms. The summed E-state index contributed by atoms with van der Waals surface area (Å²) in [5, 5.41) is 2.69. The molecule has 1 atom stereocenters. The smallest absolute Gasteiger partial charge is 0.322 e. The molecule has 1 heterocycles. The van der Waals surface area contributed by atoms with E-state index < -0.39 is 0 Å². The lowest BCUT2D eigenvalue weighted by molar-refractivity contribution is -0.147. The van der Waals surface area contributed by atoms with Gasteiger partial charge < -0.3 is 10.1 Å². The summed E-state index contributed by atoms with van der Waals surface area (Å²) in [6.45, 7) is 3.31. The van der Waals surface area contributed by atoms with Crippen LogP contribution in [0.15, 0.2) is 0 Å². The molecule has 5 nitrogen and oxygen atoms in total. The maximum Gasteiger partial charge on any atom is 0.322 e. The number of methoxy groups -OCH3 is 1. The van der Waals surface area contributed by atoms with Crippen molar-refractivity contribution in [2.45, 2.75) is 13.0 Å². The van der Waals surface area contributed by atoms with Crippen molar-refractivity contribution in [3.8, 4) is 0 Å². The summed E-state index contributed by atoms with van der Waals surface area (Å²) in [5.41, 5.74) is 0. The van der Waals surface area contributed by atoms with Gasteiger partial charge in [-0.3, -0.25) is 14.5 Å². The Morgan fingerprint density at radius 2 is 2.38 bits per heavy atom. The Labute approximate surface area is 77.0 Å². The lowest BCUT2D eigenvalue weighted by Gasteiger charge is -2.30. The number of ether oxygens (including phenoxy) is 1. The van der Waals surface area contributed by atoms with Crippen LogP contribution in [0.5, 0.6) is 0 Å². The van der Waals surface area contributed by atoms with Crippen molar-refractivity contribution in [2.75, 3.05) is 26.7 Å². The van der Waals surface area contributed by atoms with Gasteiger partial charge in [0.25, 0.3) is 0 Å². The summed E-state index contributed by atoms with van der Waals surface area (Å²) in [6, 6.07) is -0.337. The molecule has 0 unspecified atom stereocenters. The van der Waals surface area contributed by atoms with Gasteiger partial charge in [-0.15, -0.1) is 0 Å². The van der Waals surface area contributed by atoms with Crippen molar-refractivity contribution in [3.05, 3.63) is 0 Å². The molecule has 1 amide bonds. The number of nitrogens with one attached hydrogen (secondary N) is 1. The molecule has 1 saturated heterocycles. The van der Waals surface area contributed by atoms with Crippen LogP contribution in [-0.2, 0) is 14.3 Å². The van der Waals surface area contributed by atoms with E-state index in [1.165, 1.54) is 7.11 Å². The minimum Gasteiger partial charge on any atom is -0.468 e. The van der Waals surface area contributed by atoms with Crippen molar-refractivity contribution >= 4 is 11.9 Å². The molecular formula is C8H14N2O3. The summed E-state index contributed by atoms with van der Waals surface area (Å²) in [4.78, 5) is 23.9. The Morgan fingerprint density at radius 3 is 2.92 bits per heavy atom. The lowest BCUT2D eigenvalue weighted by atomic mass is 10.2. The molecule has 74 valence electrons. The van der Waals surface area contributed by atoms with Gasteiger partial charge in [-0.2, -0.15) is 0 Å². The monoisotopic (exact) mass is 186 g/mol. The number of carbonyl (C=O) groups is 2. The van der Waals surface area contributed by atoms with E-state index in [9.17, 15) is 9.59 Å². The van der Waals surface area contributed by atoms with Gasteiger partial charge >= 0.3 is 5.97 Å². The molecule has 0 aliphatic carbocycles. The third-order valence-corrected chi connectivity index (χ3v) is 2.16. The number of hydrogen-bond acceptors (Lipinski definition) is 4. The Bertz CT molecular complexity index is 217. The standard InChI is InChI=1S/C8H14N2O3/c1-6(8(12)13-2)10-4-3-9-7(11)5-10/h6H,3-5H2,1-2H3,(H,9,11)/t6-/m1/s1. The largest absolute Gasteiger partial charge is 0.468 e. The van der Waals surface area contributed by atoms with E-state index in [2.05, 4.69) is 10.1 Å². The van der Waals surface area contributed by atoms with Gasteiger partial charge in [-0.25, -0.2) is 0 Å². The minimum absolute atomic E-state index is 0.0398. The highest BCUT2D eigenvalue weighted by Gasteiger charge is 2.26. The van der Waals surface area contributed by atoms with Crippen LogP contribution in [0, 0.1) is 0 Å². The van der Waals surface area contributed by atoms with E-state index in [-0.39, 0.29) is 24.5 Å². The lowest BCUT2D eigenvalue weighted by Crippen LogP contribution is -2.53. The van der Waals surface area contributed by atoms with E-state index >= 15 is 0 Å². The average Bonchev–Trinajstić information content (AvgIpc) is 2.15. The predicted octanol–water partition coefficient (Wildman–Crippen LogP) is -1.02. The Balaban J connectivity index is 2.50. The van der Waals surface area contributed by atoms with Crippen LogP contribution in [0.1, 0.15) is 6.92 Å². The number of esters is 1. The fourth-order valence-electron chi connectivity index (χ4n) is 1.31. The first-order valence-electron chi connectivity index (χ1n) is 4.23. The van der Waals surface area contributed by atoms with Gasteiger partial charge in [-0.1, -0.05) is 0 Å². The Hall–Kier alpha value is -1.10. The van der Waals surface area contributed by atoms with E-state index in [0.717, 1.165) is 0 Å². The first-order chi connectivity index (χ1) is 6.15. The Morgan fingerprint density at radius 1 is 1.69 bits per heavy atom. The molecule has 0 aromatic rings. The number of amides is 1. The van der Waals surface area contributed by atoms with Gasteiger partial charge in [0.2, 0.25) is 5.91 Å². The molecule has 0 aromatic carbocycles. The van der Waals surface area contributed by atoms with Crippen LogP contribution < -0.4 is 5.32 Å². The molecule has 5 heteroatoms. The molecule has 1 rings (SSSR count). The van der Waals surface area contributed by atoms with Crippen LogP contribution >= 0.6 is 0 Å². The third kappa shape index (κ3) is 2.42. The second-order valence-corrected chi connectivity index (χ2v) is 3.02. The van der Waals surface area contributed by atoms with Crippen LogP contribution in [0.2, 0.25) is 0 Å².